The van der Waals surface area contributed by atoms with Crippen LogP contribution in [0.2, 0.25) is 0 Å². The molecule has 0 saturated carbocycles. The van der Waals surface area contributed by atoms with Crippen molar-refractivity contribution in [2.45, 2.75) is 31.5 Å². The molecule has 0 fully saturated rings. The van der Waals surface area contributed by atoms with E-state index in [1.54, 1.807) is 0 Å². The molecular weight excluding hydrogens is 280 g/mol. The van der Waals surface area contributed by atoms with Gasteiger partial charge in [0.25, 0.3) is 0 Å². The molecule has 3 nitrogen and oxygen atoms in total. The van der Waals surface area contributed by atoms with Crippen LogP contribution in [-0.2, 0) is 10.7 Å². The SMILES string of the molecule is CC(C)(C)c1nc(-c2ccc(CBr)cc2)no1. The molecule has 0 saturated heterocycles. The molecule has 1 aromatic heterocycles. The second kappa shape index (κ2) is 4.61. The Labute approximate surface area is 109 Å². The zero-order chi connectivity index (χ0) is 12.5. The van der Waals surface area contributed by atoms with E-state index in [-0.39, 0.29) is 5.41 Å². The topological polar surface area (TPSA) is 38.9 Å². The Morgan fingerprint density at radius 1 is 1.18 bits per heavy atom. The molecule has 0 aliphatic heterocycles. The van der Waals surface area contributed by atoms with Gasteiger partial charge in [0, 0.05) is 16.3 Å². The maximum Gasteiger partial charge on any atom is 0.232 e. The smallest absolute Gasteiger partial charge is 0.232 e. The number of rotatable bonds is 2. The molecule has 0 atom stereocenters. The first kappa shape index (κ1) is 12.3. The van der Waals surface area contributed by atoms with Gasteiger partial charge >= 0.3 is 0 Å². The normalized spacial score (nSPS) is 11.8. The Morgan fingerprint density at radius 2 is 1.82 bits per heavy atom. The van der Waals surface area contributed by atoms with Gasteiger partial charge in [-0.05, 0) is 5.56 Å². The quantitative estimate of drug-likeness (QED) is 0.788. The standard InChI is InChI=1S/C13H15BrN2O/c1-13(2,3)12-15-11(16-17-12)10-6-4-9(8-14)5-7-10/h4-7H,8H2,1-3H3. The molecule has 0 unspecified atom stereocenters. The Morgan fingerprint density at radius 3 is 2.29 bits per heavy atom. The van der Waals surface area contributed by atoms with Crippen LogP contribution in [0.15, 0.2) is 28.8 Å². The Kier molecular flexibility index (Phi) is 3.33. The first-order chi connectivity index (χ1) is 8.00. The van der Waals surface area contributed by atoms with E-state index in [0.717, 1.165) is 10.9 Å². The second-order valence-corrected chi connectivity index (χ2v) is 5.56. The zero-order valence-electron chi connectivity index (χ0n) is 10.2. The zero-order valence-corrected chi connectivity index (χ0v) is 11.8. The summed E-state index contributed by atoms with van der Waals surface area (Å²) >= 11 is 3.42. The lowest BCUT2D eigenvalue weighted by Gasteiger charge is -2.10. The van der Waals surface area contributed by atoms with E-state index >= 15 is 0 Å². The van der Waals surface area contributed by atoms with Crippen molar-refractivity contribution < 1.29 is 4.52 Å². The van der Waals surface area contributed by atoms with E-state index in [2.05, 4.69) is 59.0 Å². The third-order valence-electron chi connectivity index (χ3n) is 2.43. The van der Waals surface area contributed by atoms with Crippen LogP contribution in [-0.4, -0.2) is 10.1 Å². The molecule has 0 spiro atoms. The maximum absolute atomic E-state index is 5.27. The molecule has 90 valence electrons. The van der Waals surface area contributed by atoms with E-state index in [1.807, 2.05) is 12.1 Å². The lowest BCUT2D eigenvalue weighted by molar-refractivity contribution is 0.321. The molecule has 0 radical (unpaired) electrons. The summed E-state index contributed by atoms with van der Waals surface area (Å²) in [6.45, 7) is 6.16. The van der Waals surface area contributed by atoms with Crippen molar-refractivity contribution in [3.8, 4) is 11.4 Å². The third kappa shape index (κ3) is 2.75. The fraction of sp³-hybridized carbons (Fsp3) is 0.385. The van der Waals surface area contributed by atoms with Crippen LogP contribution in [0.4, 0.5) is 0 Å². The Hall–Kier alpha value is -1.16. The minimum atomic E-state index is -0.110. The van der Waals surface area contributed by atoms with Gasteiger partial charge in [0.15, 0.2) is 0 Å². The van der Waals surface area contributed by atoms with Crippen molar-refractivity contribution in [3.63, 3.8) is 0 Å². The lowest BCUT2D eigenvalue weighted by atomic mass is 9.97. The van der Waals surface area contributed by atoms with Gasteiger partial charge in [-0.15, -0.1) is 0 Å². The predicted octanol–water partition coefficient (Wildman–Crippen LogP) is 3.93. The van der Waals surface area contributed by atoms with Gasteiger partial charge in [-0.25, -0.2) is 0 Å². The molecular formula is C13H15BrN2O. The highest BCUT2D eigenvalue weighted by Gasteiger charge is 2.22. The van der Waals surface area contributed by atoms with Gasteiger partial charge in [0.1, 0.15) is 0 Å². The van der Waals surface area contributed by atoms with E-state index in [4.69, 9.17) is 4.52 Å². The molecule has 2 aromatic rings. The van der Waals surface area contributed by atoms with Crippen molar-refractivity contribution in [1.82, 2.24) is 10.1 Å². The molecule has 1 aromatic carbocycles. The minimum absolute atomic E-state index is 0.110. The molecule has 0 aliphatic rings. The Balaban J connectivity index is 2.30. The summed E-state index contributed by atoms with van der Waals surface area (Å²) in [5.74, 6) is 1.31. The van der Waals surface area contributed by atoms with E-state index in [0.29, 0.717) is 11.7 Å². The fourth-order valence-electron chi connectivity index (χ4n) is 1.39. The van der Waals surface area contributed by atoms with E-state index < -0.39 is 0 Å². The van der Waals surface area contributed by atoms with Crippen molar-refractivity contribution in [1.29, 1.82) is 0 Å². The van der Waals surface area contributed by atoms with Gasteiger partial charge in [0.2, 0.25) is 11.7 Å². The predicted molar refractivity (Wildman–Crippen MR) is 71.1 cm³/mol. The van der Waals surface area contributed by atoms with Gasteiger partial charge in [-0.3, -0.25) is 0 Å². The number of hydrogen-bond donors (Lipinski definition) is 0. The minimum Gasteiger partial charge on any atom is -0.338 e. The first-order valence-electron chi connectivity index (χ1n) is 5.50. The van der Waals surface area contributed by atoms with Gasteiger partial charge in [-0.2, -0.15) is 4.98 Å². The largest absolute Gasteiger partial charge is 0.338 e. The molecule has 1 heterocycles. The molecule has 0 bridgehead atoms. The number of nitrogens with zero attached hydrogens (tertiary/aromatic N) is 2. The average molecular weight is 295 g/mol. The first-order valence-corrected chi connectivity index (χ1v) is 6.62. The molecule has 4 heteroatoms. The Bertz CT molecular complexity index is 497. The average Bonchev–Trinajstić information content (AvgIpc) is 2.78. The van der Waals surface area contributed by atoms with Crippen molar-refractivity contribution in [2.75, 3.05) is 0 Å². The van der Waals surface area contributed by atoms with Crippen molar-refractivity contribution in [3.05, 3.63) is 35.7 Å². The van der Waals surface area contributed by atoms with Crippen LogP contribution in [0.5, 0.6) is 0 Å². The number of hydrogen-bond acceptors (Lipinski definition) is 3. The summed E-state index contributed by atoms with van der Waals surface area (Å²) in [5, 5.41) is 4.86. The summed E-state index contributed by atoms with van der Waals surface area (Å²) in [6, 6.07) is 8.12. The van der Waals surface area contributed by atoms with Crippen LogP contribution in [0, 0.1) is 0 Å². The van der Waals surface area contributed by atoms with Crippen molar-refractivity contribution >= 4 is 15.9 Å². The fourth-order valence-corrected chi connectivity index (χ4v) is 1.76. The number of halogens is 1. The highest BCUT2D eigenvalue weighted by atomic mass is 79.9. The number of aromatic nitrogens is 2. The van der Waals surface area contributed by atoms with Gasteiger partial charge < -0.3 is 4.52 Å². The summed E-state index contributed by atoms with van der Waals surface area (Å²) < 4.78 is 5.27. The molecule has 0 aliphatic carbocycles. The second-order valence-electron chi connectivity index (χ2n) is 5.00. The van der Waals surface area contributed by atoms with Crippen LogP contribution in [0.1, 0.15) is 32.2 Å². The number of alkyl halides is 1. The maximum atomic E-state index is 5.27. The lowest BCUT2D eigenvalue weighted by Crippen LogP contribution is -2.11. The van der Waals surface area contributed by atoms with Crippen LogP contribution >= 0.6 is 15.9 Å². The highest BCUT2D eigenvalue weighted by molar-refractivity contribution is 9.08. The number of benzene rings is 1. The van der Waals surface area contributed by atoms with E-state index in [9.17, 15) is 0 Å². The third-order valence-corrected chi connectivity index (χ3v) is 3.08. The van der Waals surface area contributed by atoms with Crippen LogP contribution in [0.25, 0.3) is 11.4 Å². The summed E-state index contributed by atoms with van der Waals surface area (Å²) in [6.07, 6.45) is 0. The van der Waals surface area contributed by atoms with Crippen LogP contribution in [0.3, 0.4) is 0 Å². The summed E-state index contributed by atoms with van der Waals surface area (Å²) in [7, 11) is 0. The summed E-state index contributed by atoms with van der Waals surface area (Å²) in [4.78, 5) is 4.42. The van der Waals surface area contributed by atoms with Crippen LogP contribution < -0.4 is 0 Å². The molecule has 17 heavy (non-hydrogen) atoms. The summed E-state index contributed by atoms with van der Waals surface area (Å²) in [5.41, 5.74) is 2.10. The molecule has 2 rings (SSSR count). The molecule has 0 N–H and O–H groups in total. The molecule has 0 amide bonds. The van der Waals surface area contributed by atoms with Gasteiger partial charge in [-0.1, -0.05) is 66.1 Å². The highest BCUT2D eigenvalue weighted by Crippen LogP contribution is 2.24. The van der Waals surface area contributed by atoms with E-state index in [1.165, 1.54) is 5.56 Å². The van der Waals surface area contributed by atoms with Gasteiger partial charge in [0.05, 0.1) is 0 Å². The monoisotopic (exact) mass is 294 g/mol. The van der Waals surface area contributed by atoms with Crippen molar-refractivity contribution in [2.24, 2.45) is 0 Å².